The Morgan fingerprint density at radius 1 is 0.962 bits per heavy atom. The summed E-state index contributed by atoms with van der Waals surface area (Å²) in [5.41, 5.74) is 2.10. The summed E-state index contributed by atoms with van der Waals surface area (Å²) in [6, 6.07) is 15.4. The van der Waals surface area contributed by atoms with Crippen LogP contribution in [0.25, 0.3) is 0 Å². The van der Waals surface area contributed by atoms with Gasteiger partial charge < -0.3 is 10.6 Å². The van der Waals surface area contributed by atoms with Gasteiger partial charge in [0.2, 0.25) is 0 Å². The monoisotopic (exact) mass is 424 g/mol. The van der Waals surface area contributed by atoms with E-state index in [2.05, 4.69) is 15.7 Å². The van der Waals surface area contributed by atoms with Crippen LogP contribution in [0.2, 0.25) is 15.1 Å². The second-order valence-corrected chi connectivity index (χ2v) is 7.19. The molecule has 0 aliphatic heterocycles. The summed E-state index contributed by atoms with van der Waals surface area (Å²) in [4.78, 5) is 0. The second kappa shape index (κ2) is 8.73. The van der Waals surface area contributed by atoms with Gasteiger partial charge in [-0.2, -0.15) is 5.10 Å². The number of nitrogens with one attached hydrogen (secondary N) is 2. The largest absolute Gasteiger partial charge is 0.358 e. The van der Waals surface area contributed by atoms with Crippen molar-refractivity contribution in [3.8, 4) is 0 Å². The van der Waals surface area contributed by atoms with Crippen molar-refractivity contribution >= 4 is 58.0 Å². The summed E-state index contributed by atoms with van der Waals surface area (Å²) in [6.45, 7) is 1.14. The fourth-order valence-corrected chi connectivity index (χ4v) is 3.00. The van der Waals surface area contributed by atoms with Crippen LogP contribution in [0, 0.1) is 0 Å². The molecule has 0 amide bonds. The third-order valence-electron chi connectivity index (χ3n) is 3.57. The molecule has 26 heavy (non-hydrogen) atoms. The van der Waals surface area contributed by atoms with Crippen LogP contribution in [0.5, 0.6) is 0 Å². The summed E-state index contributed by atoms with van der Waals surface area (Å²) in [6.07, 6.45) is 1.73. The minimum atomic E-state index is 0.454. The van der Waals surface area contributed by atoms with Gasteiger partial charge in [-0.3, -0.25) is 4.68 Å². The molecule has 134 valence electrons. The third kappa shape index (κ3) is 5.11. The van der Waals surface area contributed by atoms with Crippen molar-refractivity contribution in [2.24, 2.45) is 0 Å². The van der Waals surface area contributed by atoms with Crippen molar-refractivity contribution in [3.63, 3.8) is 0 Å². The highest BCUT2D eigenvalue weighted by molar-refractivity contribution is 7.80. The van der Waals surface area contributed by atoms with Crippen LogP contribution >= 0.6 is 47.0 Å². The normalized spacial score (nSPS) is 10.6. The lowest BCUT2D eigenvalue weighted by atomic mass is 10.2. The zero-order chi connectivity index (χ0) is 18.5. The van der Waals surface area contributed by atoms with Crippen molar-refractivity contribution < 1.29 is 0 Å². The first-order chi connectivity index (χ1) is 12.5. The molecule has 1 aromatic heterocycles. The van der Waals surface area contributed by atoms with Gasteiger partial charge in [0.1, 0.15) is 5.02 Å². The minimum absolute atomic E-state index is 0.454. The molecule has 0 bridgehead atoms. The van der Waals surface area contributed by atoms with E-state index >= 15 is 0 Å². The average molecular weight is 426 g/mol. The molecule has 2 N–H and O–H groups in total. The Kier molecular flexibility index (Phi) is 6.38. The zero-order valence-corrected chi connectivity index (χ0v) is 16.6. The molecule has 3 rings (SSSR count). The van der Waals surface area contributed by atoms with Crippen molar-refractivity contribution in [1.82, 2.24) is 15.1 Å². The molecule has 0 unspecified atom stereocenters. The smallest absolute Gasteiger partial charge is 0.173 e. The van der Waals surface area contributed by atoms with Crippen LogP contribution in [0.15, 0.2) is 54.7 Å². The number of nitrogens with zero attached hydrogens (tertiary/aromatic N) is 2. The number of hydrogen-bond acceptors (Lipinski definition) is 2. The van der Waals surface area contributed by atoms with Crippen LogP contribution < -0.4 is 10.6 Å². The van der Waals surface area contributed by atoms with Gasteiger partial charge in [0.25, 0.3) is 0 Å². The lowest BCUT2D eigenvalue weighted by Gasteiger charge is -2.09. The van der Waals surface area contributed by atoms with E-state index in [1.165, 1.54) is 0 Å². The highest BCUT2D eigenvalue weighted by Crippen LogP contribution is 2.24. The molecule has 8 heteroatoms. The van der Waals surface area contributed by atoms with E-state index in [0.717, 1.165) is 11.1 Å². The molecule has 4 nitrogen and oxygen atoms in total. The summed E-state index contributed by atoms with van der Waals surface area (Å²) in [5.74, 6) is 0.497. The van der Waals surface area contributed by atoms with E-state index in [1.54, 1.807) is 23.0 Å². The average Bonchev–Trinajstić information content (AvgIpc) is 2.96. The lowest BCUT2D eigenvalue weighted by molar-refractivity contribution is 0.690. The van der Waals surface area contributed by atoms with E-state index in [-0.39, 0.29) is 0 Å². The number of hydrogen-bond donors (Lipinski definition) is 2. The van der Waals surface area contributed by atoms with Crippen LogP contribution in [0.1, 0.15) is 11.1 Å². The highest BCUT2D eigenvalue weighted by atomic mass is 35.5. The molecule has 0 aliphatic carbocycles. The Balaban J connectivity index is 1.60. The first kappa shape index (κ1) is 19.0. The molecule has 0 atom stereocenters. The van der Waals surface area contributed by atoms with Crippen LogP contribution in [-0.4, -0.2) is 14.9 Å². The predicted octanol–water partition coefficient (Wildman–Crippen LogP) is 5.38. The van der Waals surface area contributed by atoms with E-state index < -0.39 is 0 Å². The minimum Gasteiger partial charge on any atom is -0.358 e. The fourth-order valence-electron chi connectivity index (χ4n) is 2.32. The Morgan fingerprint density at radius 2 is 1.73 bits per heavy atom. The first-order valence-corrected chi connectivity index (χ1v) is 9.31. The van der Waals surface area contributed by atoms with Gasteiger partial charge in [-0.15, -0.1) is 0 Å². The van der Waals surface area contributed by atoms with E-state index in [9.17, 15) is 0 Å². The summed E-state index contributed by atoms with van der Waals surface area (Å²) < 4.78 is 1.71. The van der Waals surface area contributed by atoms with Gasteiger partial charge in [0.15, 0.2) is 10.9 Å². The number of thiocarbonyl (C=S) groups is 1. The van der Waals surface area contributed by atoms with Crippen LogP contribution in [0.4, 0.5) is 5.82 Å². The van der Waals surface area contributed by atoms with Gasteiger partial charge >= 0.3 is 0 Å². The molecule has 1 heterocycles. The Bertz CT molecular complexity index is 912. The van der Waals surface area contributed by atoms with Crippen molar-refractivity contribution in [2.45, 2.75) is 13.1 Å². The third-order valence-corrected chi connectivity index (χ3v) is 4.84. The Labute approximate surface area is 172 Å². The number of rotatable bonds is 5. The van der Waals surface area contributed by atoms with Gasteiger partial charge in [0, 0.05) is 12.7 Å². The summed E-state index contributed by atoms with van der Waals surface area (Å²) in [7, 11) is 0. The zero-order valence-electron chi connectivity index (χ0n) is 13.5. The van der Waals surface area contributed by atoms with Crippen molar-refractivity contribution in [3.05, 3.63) is 80.9 Å². The highest BCUT2D eigenvalue weighted by Gasteiger charge is 2.09. The maximum atomic E-state index is 6.25. The Hall–Kier alpha value is -1.79. The van der Waals surface area contributed by atoms with E-state index in [1.807, 2.05) is 36.4 Å². The molecule has 0 spiro atoms. The van der Waals surface area contributed by atoms with Gasteiger partial charge in [-0.25, -0.2) is 0 Å². The van der Waals surface area contributed by atoms with Crippen LogP contribution in [0.3, 0.4) is 0 Å². The molecule has 0 saturated carbocycles. The fraction of sp³-hybridized carbons (Fsp3) is 0.111. The maximum absolute atomic E-state index is 6.25. The molecule has 0 aliphatic rings. The second-order valence-electron chi connectivity index (χ2n) is 5.56. The Morgan fingerprint density at radius 3 is 2.46 bits per heavy atom. The number of aromatic nitrogens is 2. The van der Waals surface area contributed by atoms with Gasteiger partial charge in [-0.1, -0.05) is 71.2 Å². The molecule has 3 aromatic rings. The van der Waals surface area contributed by atoms with Crippen molar-refractivity contribution in [2.75, 3.05) is 5.32 Å². The molecule has 0 saturated heterocycles. The molecule has 2 aromatic carbocycles. The number of halogens is 3. The number of benzene rings is 2. The molecule has 0 fully saturated rings. The maximum Gasteiger partial charge on any atom is 0.173 e. The van der Waals surface area contributed by atoms with Gasteiger partial charge in [-0.05, 0) is 35.5 Å². The quantitative estimate of drug-likeness (QED) is 0.539. The standard InChI is InChI=1S/C18H15Cl3N4S/c19-14-7-6-13(8-15(14)20)10-25-11-16(21)17(24-25)23-18(26)22-9-12-4-2-1-3-5-12/h1-8,11H,9-10H2,(H2,22,23,24,26). The summed E-state index contributed by atoms with van der Waals surface area (Å²) in [5, 5.41) is 12.5. The molecule has 0 radical (unpaired) electrons. The molecular weight excluding hydrogens is 411 g/mol. The first-order valence-electron chi connectivity index (χ1n) is 7.77. The van der Waals surface area contributed by atoms with E-state index in [4.69, 9.17) is 47.0 Å². The van der Waals surface area contributed by atoms with Crippen LogP contribution in [-0.2, 0) is 13.1 Å². The van der Waals surface area contributed by atoms with Gasteiger partial charge in [0.05, 0.1) is 16.6 Å². The lowest BCUT2D eigenvalue weighted by Crippen LogP contribution is -2.28. The predicted molar refractivity (Wildman–Crippen MR) is 112 cm³/mol. The SMILES string of the molecule is S=C(NCc1ccccc1)Nc1nn(Cc2ccc(Cl)c(Cl)c2)cc1Cl. The molecular formula is C18H15Cl3N4S. The topological polar surface area (TPSA) is 41.9 Å². The van der Waals surface area contributed by atoms with Crippen molar-refractivity contribution in [1.29, 1.82) is 0 Å². The summed E-state index contributed by atoms with van der Waals surface area (Å²) >= 11 is 23.5. The number of anilines is 1. The van der Waals surface area contributed by atoms with E-state index in [0.29, 0.717) is 39.1 Å².